The van der Waals surface area contributed by atoms with Crippen molar-refractivity contribution in [2.75, 3.05) is 5.32 Å². The van der Waals surface area contributed by atoms with E-state index in [1.54, 1.807) is 17.2 Å². The number of anilines is 1. The van der Waals surface area contributed by atoms with E-state index in [1.165, 1.54) is 17.7 Å². The third-order valence-corrected chi connectivity index (χ3v) is 4.01. The smallest absolute Gasteiger partial charge is 0.138 e. The summed E-state index contributed by atoms with van der Waals surface area (Å²) >= 11 is 13.5. The summed E-state index contributed by atoms with van der Waals surface area (Å²) in [7, 11) is 0. The van der Waals surface area contributed by atoms with Gasteiger partial charge in [-0.15, -0.1) is 11.3 Å². The first-order valence-corrected chi connectivity index (χ1v) is 7.29. The van der Waals surface area contributed by atoms with Gasteiger partial charge in [0.25, 0.3) is 0 Å². The van der Waals surface area contributed by atoms with Gasteiger partial charge in [0.2, 0.25) is 0 Å². The van der Waals surface area contributed by atoms with Gasteiger partial charge in [-0.05, 0) is 12.1 Å². The summed E-state index contributed by atoms with van der Waals surface area (Å²) in [6.45, 7) is 0.569. The van der Waals surface area contributed by atoms with Gasteiger partial charge in [-0.25, -0.2) is 14.6 Å². The third kappa shape index (κ3) is 2.77. The van der Waals surface area contributed by atoms with E-state index >= 15 is 0 Å². The van der Waals surface area contributed by atoms with Crippen molar-refractivity contribution in [3.63, 3.8) is 0 Å². The number of rotatable bonds is 4. The first kappa shape index (κ1) is 13.4. The Morgan fingerprint density at radius 3 is 2.90 bits per heavy atom. The molecular formula is C12H9Cl2N5S. The van der Waals surface area contributed by atoms with Crippen LogP contribution in [0.5, 0.6) is 0 Å². The van der Waals surface area contributed by atoms with E-state index in [-0.39, 0.29) is 0 Å². The lowest BCUT2D eigenvalue weighted by Crippen LogP contribution is -2.05. The fourth-order valence-electron chi connectivity index (χ4n) is 1.76. The zero-order chi connectivity index (χ0) is 13.9. The second-order valence-corrected chi connectivity index (χ2v) is 6.04. The van der Waals surface area contributed by atoms with Gasteiger partial charge in [0.15, 0.2) is 0 Å². The van der Waals surface area contributed by atoms with Gasteiger partial charge in [-0.2, -0.15) is 5.10 Å². The van der Waals surface area contributed by atoms with Crippen molar-refractivity contribution in [1.29, 1.82) is 0 Å². The number of nitrogens with zero attached hydrogens (tertiary/aromatic N) is 4. The second kappa shape index (κ2) is 5.78. The minimum atomic E-state index is 0.569. The van der Waals surface area contributed by atoms with E-state index in [2.05, 4.69) is 20.4 Å². The van der Waals surface area contributed by atoms with Gasteiger partial charge < -0.3 is 5.32 Å². The molecule has 2 aromatic heterocycles. The number of para-hydroxylation sites is 1. The predicted molar refractivity (Wildman–Crippen MR) is 80.8 cm³/mol. The molecule has 1 N–H and O–H groups in total. The predicted octanol–water partition coefficient (Wildman–Crippen LogP) is 3.64. The molecule has 0 bridgehead atoms. The number of thiazole rings is 1. The highest BCUT2D eigenvalue weighted by atomic mass is 35.5. The molecule has 5 nitrogen and oxygen atoms in total. The zero-order valence-electron chi connectivity index (χ0n) is 10.1. The van der Waals surface area contributed by atoms with Crippen molar-refractivity contribution in [3.8, 4) is 5.69 Å². The van der Waals surface area contributed by atoms with E-state index in [1.807, 2.05) is 18.2 Å². The molecule has 0 aliphatic carbocycles. The second-order valence-electron chi connectivity index (χ2n) is 3.89. The molecule has 0 saturated carbocycles. The van der Waals surface area contributed by atoms with Crippen LogP contribution in [0.3, 0.4) is 0 Å². The van der Waals surface area contributed by atoms with Crippen LogP contribution in [0.15, 0.2) is 37.1 Å². The zero-order valence-corrected chi connectivity index (χ0v) is 12.5. The lowest BCUT2D eigenvalue weighted by Gasteiger charge is -2.12. The largest absolute Gasteiger partial charge is 0.377 e. The molecule has 8 heteroatoms. The quantitative estimate of drug-likeness (QED) is 0.795. The van der Waals surface area contributed by atoms with Crippen LogP contribution in [-0.4, -0.2) is 19.7 Å². The number of nitrogens with one attached hydrogen (secondary N) is 1. The van der Waals surface area contributed by atoms with Gasteiger partial charge in [-0.3, -0.25) is 0 Å². The van der Waals surface area contributed by atoms with E-state index in [0.29, 0.717) is 15.9 Å². The molecule has 0 aliphatic heterocycles. The maximum Gasteiger partial charge on any atom is 0.138 e. The first-order chi connectivity index (χ1) is 9.74. The highest BCUT2D eigenvalue weighted by molar-refractivity contribution is 7.15. The molecule has 0 aliphatic rings. The maximum absolute atomic E-state index is 6.24. The molecule has 0 saturated heterocycles. The number of hydrogen-bond donors (Lipinski definition) is 1. The van der Waals surface area contributed by atoms with Gasteiger partial charge in [0.05, 0.1) is 23.5 Å². The lowest BCUT2D eigenvalue weighted by molar-refractivity contribution is 0.877. The minimum absolute atomic E-state index is 0.569. The van der Waals surface area contributed by atoms with Crippen LogP contribution in [-0.2, 0) is 6.54 Å². The Morgan fingerprint density at radius 1 is 1.30 bits per heavy atom. The molecule has 102 valence electrons. The topological polar surface area (TPSA) is 55.6 Å². The Balaban J connectivity index is 1.88. The van der Waals surface area contributed by atoms with Gasteiger partial charge in [0, 0.05) is 0 Å². The normalized spacial score (nSPS) is 10.7. The van der Waals surface area contributed by atoms with Crippen molar-refractivity contribution in [3.05, 3.63) is 51.4 Å². The SMILES string of the molecule is Clc1cnc(CNc2cccc(Cl)c2-n2cncn2)s1. The lowest BCUT2D eigenvalue weighted by atomic mass is 10.2. The van der Waals surface area contributed by atoms with Crippen molar-refractivity contribution in [2.45, 2.75) is 6.54 Å². The van der Waals surface area contributed by atoms with Crippen LogP contribution in [0.2, 0.25) is 9.36 Å². The van der Waals surface area contributed by atoms with Crippen molar-refractivity contribution in [1.82, 2.24) is 19.7 Å². The Labute approximate surface area is 129 Å². The molecule has 0 radical (unpaired) electrons. The summed E-state index contributed by atoms with van der Waals surface area (Å²) in [6.07, 6.45) is 4.71. The summed E-state index contributed by atoms with van der Waals surface area (Å²) in [5.74, 6) is 0. The average molecular weight is 326 g/mol. The minimum Gasteiger partial charge on any atom is -0.377 e. The molecule has 0 amide bonds. The highest BCUT2D eigenvalue weighted by Crippen LogP contribution is 2.28. The van der Waals surface area contributed by atoms with E-state index in [4.69, 9.17) is 23.2 Å². The molecule has 2 heterocycles. The Morgan fingerprint density at radius 2 is 2.20 bits per heavy atom. The fourth-order valence-corrected chi connectivity index (χ4v) is 2.91. The number of benzene rings is 1. The summed E-state index contributed by atoms with van der Waals surface area (Å²) in [6, 6.07) is 5.61. The first-order valence-electron chi connectivity index (χ1n) is 5.71. The molecule has 3 aromatic rings. The van der Waals surface area contributed by atoms with Crippen molar-refractivity contribution >= 4 is 40.2 Å². The molecular weight excluding hydrogens is 317 g/mol. The Hall–Kier alpha value is -1.63. The Kier molecular flexibility index (Phi) is 3.86. The van der Waals surface area contributed by atoms with Crippen LogP contribution in [0.25, 0.3) is 5.69 Å². The summed E-state index contributed by atoms with van der Waals surface area (Å²) in [5, 5.41) is 8.90. The standard InChI is InChI=1S/C12H9Cl2N5S/c13-8-2-1-3-9(12(8)19-7-15-6-18-19)16-5-11-17-4-10(14)20-11/h1-4,6-7,16H,5H2. The van der Waals surface area contributed by atoms with Crippen LogP contribution < -0.4 is 5.32 Å². The fraction of sp³-hybridized carbons (Fsp3) is 0.0833. The monoisotopic (exact) mass is 325 g/mol. The van der Waals surface area contributed by atoms with Gasteiger partial charge in [-0.1, -0.05) is 29.3 Å². The average Bonchev–Trinajstić information content (AvgIpc) is 3.08. The molecule has 0 atom stereocenters. The van der Waals surface area contributed by atoms with E-state index < -0.39 is 0 Å². The third-order valence-electron chi connectivity index (χ3n) is 2.59. The van der Waals surface area contributed by atoms with Crippen LogP contribution >= 0.6 is 34.5 Å². The van der Waals surface area contributed by atoms with Gasteiger partial charge >= 0.3 is 0 Å². The van der Waals surface area contributed by atoms with E-state index in [0.717, 1.165) is 16.4 Å². The number of hydrogen-bond acceptors (Lipinski definition) is 5. The number of halogens is 2. The van der Waals surface area contributed by atoms with Crippen molar-refractivity contribution < 1.29 is 0 Å². The van der Waals surface area contributed by atoms with Crippen LogP contribution in [0, 0.1) is 0 Å². The molecule has 3 rings (SSSR count). The highest BCUT2D eigenvalue weighted by Gasteiger charge is 2.10. The maximum atomic E-state index is 6.24. The molecule has 0 unspecified atom stereocenters. The van der Waals surface area contributed by atoms with Gasteiger partial charge in [0.1, 0.15) is 27.7 Å². The number of aromatic nitrogens is 4. The van der Waals surface area contributed by atoms with Crippen LogP contribution in [0.1, 0.15) is 5.01 Å². The van der Waals surface area contributed by atoms with Crippen LogP contribution in [0.4, 0.5) is 5.69 Å². The molecule has 0 spiro atoms. The van der Waals surface area contributed by atoms with Crippen molar-refractivity contribution in [2.24, 2.45) is 0 Å². The molecule has 20 heavy (non-hydrogen) atoms. The summed E-state index contributed by atoms with van der Waals surface area (Å²) in [4.78, 5) is 8.14. The summed E-state index contributed by atoms with van der Waals surface area (Å²) in [5.41, 5.74) is 1.61. The Bertz CT molecular complexity index is 710. The molecule has 1 aromatic carbocycles. The summed E-state index contributed by atoms with van der Waals surface area (Å²) < 4.78 is 2.30. The van der Waals surface area contributed by atoms with E-state index in [9.17, 15) is 0 Å². The molecule has 0 fully saturated rings.